The lowest BCUT2D eigenvalue weighted by Gasteiger charge is -2.25. The predicted octanol–water partition coefficient (Wildman–Crippen LogP) is 3.62. The zero-order chi connectivity index (χ0) is 14.9. The van der Waals surface area contributed by atoms with Gasteiger partial charge in [0.05, 0.1) is 25.6 Å². The molecule has 0 radical (unpaired) electrons. The maximum absolute atomic E-state index is 11.8. The second-order valence-electron chi connectivity index (χ2n) is 4.20. The Balaban J connectivity index is 2.56. The third kappa shape index (κ3) is 2.87. The Labute approximate surface area is 137 Å². The fourth-order valence-corrected chi connectivity index (χ4v) is 3.90. The largest absolute Gasteiger partial charge is 0.506 e. The third-order valence-corrected chi connectivity index (χ3v) is 4.94. The van der Waals surface area contributed by atoms with Crippen molar-refractivity contribution < 1.29 is 9.90 Å². The lowest BCUT2D eigenvalue weighted by atomic mass is 9.87. The monoisotopic (exact) mass is 416 g/mol. The molecule has 0 saturated heterocycles. The number of aromatic hydroxyl groups is 1. The van der Waals surface area contributed by atoms with E-state index in [0.717, 1.165) is 5.56 Å². The molecule has 1 atom stereocenters. The Bertz CT molecular complexity index is 629. The molecule has 2 N–H and O–H groups in total. The van der Waals surface area contributed by atoms with Gasteiger partial charge < -0.3 is 10.4 Å². The summed E-state index contributed by atoms with van der Waals surface area (Å²) < 4.78 is 1.05. The molecule has 0 aromatic heterocycles. The number of carbonyl (C=O) groups excluding carboxylic acids is 1. The first-order valence-electron chi connectivity index (χ1n) is 5.64. The number of nitrogens with one attached hydrogen (secondary N) is 1. The molecule has 0 unspecified atom stereocenters. The second-order valence-corrected chi connectivity index (χ2v) is 6.72. The molecule has 1 aliphatic rings. The van der Waals surface area contributed by atoms with E-state index in [-0.39, 0.29) is 24.0 Å². The number of hydrogen-bond donors (Lipinski definition) is 2. The van der Waals surface area contributed by atoms with E-state index in [4.69, 9.17) is 0 Å². The number of nitriles is 1. The fraction of sp³-hybridized carbons (Fsp3) is 0.231. The summed E-state index contributed by atoms with van der Waals surface area (Å²) in [6.07, 6.45) is 2.04. The lowest BCUT2D eigenvalue weighted by Crippen LogP contribution is -2.30. The average molecular weight is 418 g/mol. The average Bonchev–Trinajstić information content (AvgIpc) is 2.43. The van der Waals surface area contributed by atoms with Crippen LogP contribution in [0.3, 0.4) is 0 Å². The Morgan fingerprint density at radius 3 is 2.55 bits per heavy atom. The van der Waals surface area contributed by atoms with E-state index < -0.39 is 0 Å². The normalized spacial score (nSPS) is 18.7. The van der Waals surface area contributed by atoms with Gasteiger partial charge in [-0.2, -0.15) is 5.26 Å². The summed E-state index contributed by atoms with van der Waals surface area (Å²) in [6.45, 7) is 0. The highest BCUT2D eigenvalue weighted by atomic mass is 79.9. The van der Waals surface area contributed by atoms with Crippen LogP contribution in [0.25, 0.3) is 0 Å². The predicted molar refractivity (Wildman–Crippen MR) is 85.2 cm³/mol. The quantitative estimate of drug-likeness (QED) is 0.770. The van der Waals surface area contributed by atoms with E-state index in [0.29, 0.717) is 19.5 Å². The Morgan fingerprint density at radius 2 is 2.05 bits per heavy atom. The van der Waals surface area contributed by atoms with Crippen LogP contribution in [0, 0.1) is 11.3 Å². The van der Waals surface area contributed by atoms with Crippen LogP contribution >= 0.6 is 43.6 Å². The number of amides is 1. The van der Waals surface area contributed by atoms with Crippen molar-refractivity contribution >= 4 is 49.5 Å². The number of phenols is 1. The number of carbonyl (C=O) groups is 1. The van der Waals surface area contributed by atoms with Gasteiger partial charge in [-0.1, -0.05) is 0 Å². The van der Waals surface area contributed by atoms with E-state index in [1.54, 1.807) is 12.1 Å². The minimum absolute atomic E-state index is 0.0987. The smallest absolute Gasteiger partial charge is 0.225 e. The Kier molecular flexibility index (Phi) is 4.78. The number of allylic oxidation sites excluding steroid dienone is 1. The fourth-order valence-electron chi connectivity index (χ4n) is 2.05. The van der Waals surface area contributed by atoms with Crippen LogP contribution in [0.4, 0.5) is 0 Å². The molecule has 104 valence electrons. The molecule has 0 spiro atoms. The van der Waals surface area contributed by atoms with Crippen LogP contribution in [-0.2, 0) is 4.79 Å². The van der Waals surface area contributed by atoms with Crippen LogP contribution in [0.5, 0.6) is 5.75 Å². The highest BCUT2D eigenvalue weighted by Crippen LogP contribution is 2.40. The minimum Gasteiger partial charge on any atom is -0.506 e. The highest BCUT2D eigenvalue weighted by molar-refractivity contribution is 9.11. The summed E-state index contributed by atoms with van der Waals surface area (Å²) in [6, 6.07) is 5.65. The molecule has 2 rings (SSSR count). The summed E-state index contributed by atoms with van der Waals surface area (Å²) in [5.41, 5.74) is 1.35. The number of halogens is 2. The van der Waals surface area contributed by atoms with Gasteiger partial charge in [-0.25, -0.2) is 0 Å². The van der Waals surface area contributed by atoms with Gasteiger partial charge >= 0.3 is 0 Å². The third-order valence-electron chi connectivity index (χ3n) is 3.00. The molecule has 7 heteroatoms. The molecular weight excluding hydrogens is 408 g/mol. The van der Waals surface area contributed by atoms with Gasteiger partial charge in [-0.3, -0.25) is 4.79 Å². The number of rotatable bonds is 2. The first-order valence-corrected chi connectivity index (χ1v) is 8.45. The lowest BCUT2D eigenvalue weighted by molar-refractivity contribution is -0.120. The molecule has 20 heavy (non-hydrogen) atoms. The molecule has 4 nitrogen and oxygen atoms in total. The van der Waals surface area contributed by atoms with Gasteiger partial charge in [0.1, 0.15) is 5.75 Å². The number of thioether (sulfide) groups is 1. The van der Waals surface area contributed by atoms with Crippen molar-refractivity contribution in [3.8, 4) is 11.8 Å². The van der Waals surface area contributed by atoms with Crippen LogP contribution in [0.1, 0.15) is 17.9 Å². The van der Waals surface area contributed by atoms with E-state index in [1.807, 2.05) is 6.26 Å². The van der Waals surface area contributed by atoms with Crippen molar-refractivity contribution in [3.63, 3.8) is 0 Å². The SMILES string of the molecule is CSC1=C(C#N)[C@H](c2cc(Br)c(O)c(Br)c2)CC(=O)N1. The maximum Gasteiger partial charge on any atom is 0.225 e. The summed E-state index contributed by atoms with van der Waals surface area (Å²) >= 11 is 7.88. The molecule has 0 aliphatic carbocycles. The number of nitrogens with zero attached hydrogens (tertiary/aromatic N) is 1. The van der Waals surface area contributed by atoms with Crippen molar-refractivity contribution in [2.75, 3.05) is 6.26 Å². The van der Waals surface area contributed by atoms with E-state index >= 15 is 0 Å². The zero-order valence-electron chi connectivity index (χ0n) is 10.4. The van der Waals surface area contributed by atoms with Crippen LogP contribution < -0.4 is 5.32 Å². The Morgan fingerprint density at radius 1 is 1.45 bits per heavy atom. The molecule has 1 amide bonds. The summed E-state index contributed by atoms with van der Waals surface area (Å²) in [5, 5.41) is 22.4. The van der Waals surface area contributed by atoms with Gasteiger partial charge in [0.25, 0.3) is 0 Å². The van der Waals surface area contributed by atoms with Crippen molar-refractivity contribution in [3.05, 3.63) is 37.2 Å². The van der Waals surface area contributed by atoms with E-state index in [1.165, 1.54) is 11.8 Å². The second kappa shape index (κ2) is 6.20. The number of benzene rings is 1. The van der Waals surface area contributed by atoms with E-state index in [9.17, 15) is 15.2 Å². The molecule has 0 saturated carbocycles. The molecule has 0 bridgehead atoms. The van der Waals surface area contributed by atoms with Gasteiger partial charge in [0.15, 0.2) is 0 Å². The summed E-state index contributed by atoms with van der Waals surface area (Å²) in [7, 11) is 0. The van der Waals surface area contributed by atoms with Gasteiger partial charge in [0.2, 0.25) is 5.91 Å². The maximum atomic E-state index is 11.8. The Hall–Kier alpha value is -0.970. The van der Waals surface area contributed by atoms with Gasteiger partial charge in [-0.15, -0.1) is 11.8 Å². The van der Waals surface area contributed by atoms with Crippen molar-refractivity contribution in [1.82, 2.24) is 5.32 Å². The van der Waals surface area contributed by atoms with E-state index in [2.05, 4.69) is 43.2 Å². The van der Waals surface area contributed by atoms with Crippen LogP contribution in [-0.4, -0.2) is 17.3 Å². The first kappa shape index (κ1) is 15.4. The molecule has 0 fully saturated rings. The van der Waals surface area contributed by atoms with Gasteiger partial charge in [0, 0.05) is 12.3 Å². The molecule has 1 aromatic rings. The number of phenolic OH excluding ortho intramolecular Hbond substituents is 1. The summed E-state index contributed by atoms with van der Waals surface area (Å²) in [5.74, 6) is -0.315. The van der Waals surface area contributed by atoms with Crippen molar-refractivity contribution in [2.45, 2.75) is 12.3 Å². The molecule has 1 aliphatic heterocycles. The zero-order valence-corrected chi connectivity index (χ0v) is 14.4. The van der Waals surface area contributed by atoms with Crippen LogP contribution in [0.15, 0.2) is 31.7 Å². The summed E-state index contributed by atoms with van der Waals surface area (Å²) in [4.78, 5) is 11.8. The molecule has 1 heterocycles. The standard InChI is InChI=1S/C13H10Br2N2O2S/c1-20-13-8(5-16)7(4-11(18)17-13)6-2-9(14)12(19)10(15)3-6/h2-3,7,19H,4H2,1H3,(H,17,18)/t7-/m0/s1. The van der Waals surface area contributed by atoms with Crippen molar-refractivity contribution in [2.24, 2.45) is 0 Å². The van der Waals surface area contributed by atoms with Crippen molar-refractivity contribution in [1.29, 1.82) is 5.26 Å². The highest BCUT2D eigenvalue weighted by Gasteiger charge is 2.29. The molecular formula is C13H10Br2N2O2S. The first-order chi connectivity index (χ1) is 9.47. The molecule has 1 aromatic carbocycles. The minimum atomic E-state index is -0.301. The number of hydrogen-bond acceptors (Lipinski definition) is 4. The topological polar surface area (TPSA) is 73.1 Å². The van der Waals surface area contributed by atoms with Gasteiger partial charge in [-0.05, 0) is 55.8 Å². The van der Waals surface area contributed by atoms with Crippen LogP contribution in [0.2, 0.25) is 0 Å².